The van der Waals surface area contributed by atoms with E-state index in [1.807, 2.05) is 19.3 Å². The normalized spacial score (nSPS) is 20.7. The number of likely N-dealkylation sites (tertiary alicyclic amines) is 1. The summed E-state index contributed by atoms with van der Waals surface area (Å²) in [6, 6.07) is 8.83. The molecule has 2 aliphatic rings. The minimum Gasteiger partial charge on any atom is -0.356 e. The van der Waals surface area contributed by atoms with Gasteiger partial charge < -0.3 is 15.5 Å². The molecule has 1 saturated heterocycles. The van der Waals surface area contributed by atoms with Gasteiger partial charge in [0, 0.05) is 51.9 Å². The van der Waals surface area contributed by atoms with Crippen molar-refractivity contribution in [2.24, 2.45) is 10.9 Å². The molecule has 1 atom stereocenters. The maximum Gasteiger partial charge on any atom is 0.191 e. The van der Waals surface area contributed by atoms with E-state index in [9.17, 15) is 4.39 Å². The first kappa shape index (κ1) is 20.8. The van der Waals surface area contributed by atoms with Crippen molar-refractivity contribution in [1.82, 2.24) is 25.3 Å². The highest BCUT2D eigenvalue weighted by Crippen LogP contribution is 2.26. The molecular formula is C23H33FN6. The second-order valence-electron chi connectivity index (χ2n) is 8.52. The van der Waals surface area contributed by atoms with Crippen molar-refractivity contribution in [3.63, 3.8) is 0 Å². The standard InChI is InChI=1S/C23H33FN6/c1-25-23(27-21-11-14-29(17-21)16-18-4-2-3-5-18)26-13-10-20-12-15-30(28-20)22-8-6-19(24)7-9-22/h6-9,12,15,18,21H,2-5,10-11,13-14,16-17H2,1H3,(H2,25,26,27). The van der Waals surface area contributed by atoms with Crippen LogP contribution < -0.4 is 10.6 Å². The Balaban J connectivity index is 1.19. The number of benzene rings is 1. The minimum atomic E-state index is -0.238. The Hall–Kier alpha value is -2.41. The largest absolute Gasteiger partial charge is 0.356 e. The zero-order valence-corrected chi connectivity index (χ0v) is 17.9. The predicted octanol–water partition coefficient (Wildman–Crippen LogP) is 2.98. The van der Waals surface area contributed by atoms with Crippen LogP contribution in [0.3, 0.4) is 0 Å². The topological polar surface area (TPSA) is 57.5 Å². The Bertz CT molecular complexity index is 824. The van der Waals surface area contributed by atoms with Gasteiger partial charge in [0.25, 0.3) is 0 Å². The average Bonchev–Trinajstić information content (AvgIpc) is 3.51. The molecule has 0 bridgehead atoms. The van der Waals surface area contributed by atoms with E-state index in [0.717, 1.165) is 42.8 Å². The first-order chi connectivity index (χ1) is 14.7. The molecule has 30 heavy (non-hydrogen) atoms. The summed E-state index contributed by atoms with van der Waals surface area (Å²) in [5.74, 6) is 1.54. The van der Waals surface area contributed by atoms with Gasteiger partial charge in [-0.15, -0.1) is 0 Å². The third-order valence-corrected chi connectivity index (χ3v) is 6.24. The highest BCUT2D eigenvalue weighted by molar-refractivity contribution is 5.80. The van der Waals surface area contributed by atoms with Crippen LogP contribution in [0.15, 0.2) is 41.5 Å². The number of nitrogens with zero attached hydrogens (tertiary/aromatic N) is 4. The summed E-state index contributed by atoms with van der Waals surface area (Å²) in [6.45, 7) is 4.32. The maximum absolute atomic E-state index is 13.1. The Kier molecular flexibility index (Phi) is 7.00. The van der Waals surface area contributed by atoms with Crippen molar-refractivity contribution < 1.29 is 4.39 Å². The van der Waals surface area contributed by atoms with Crippen LogP contribution in [0.5, 0.6) is 0 Å². The molecule has 1 aliphatic carbocycles. The summed E-state index contributed by atoms with van der Waals surface area (Å²) < 4.78 is 14.9. The molecular weight excluding hydrogens is 379 g/mol. The zero-order valence-electron chi connectivity index (χ0n) is 17.9. The minimum absolute atomic E-state index is 0.238. The van der Waals surface area contributed by atoms with Gasteiger partial charge in [-0.2, -0.15) is 5.10 Å². The van der Waals surface area contributed by atoms with Crippen LogP contribution in [0.25, 0.3) is 5.69 Å². The monoisotopic (exact) mass is 412 g/mol. The van der Waals surface area contributed by atoms with Gasteiger partial charge in [0.1, 0.15) is 5.82 Å². The Morgan fingerprint density at radius 2 is 1.97 bits per heavy atom. The van der Waals surface area contributed by atoms with Crippen molar-refractivity contribution >= 4 is 5.96 Å². The van der Waals surface area contributed by atoms with Gasteiger partial charge in [-0.25, -0.2) is 9.07 Å². The molecule has 1 saturated carbocycles. The lowest BCUT2D eigenvalue weighted by atomic mass is 10.1. The highest BCUT2D eigenvalue weighted by Gasteiger charge is 2.26. The molecule has 1 aromatic carbocycles. The second kappa shape index (κ2) is 10.1. The van der Waals surface area contributed by atoms with E-state index >= 15 is 0 Å². The van der Waals surface area contributed by atoms with Gasteiger partial charge in [0.05, 0.1) is 11.4 Å². The number of hydrogen-bond donors (Lipinski definition) is 2. The van der Waals surface area contributed by atoms with Crippen LogP contribution in [0, 0.1) is 11.7 Å². The lowest BCUT2D eigenvalue weighted by Gasteiger charge is -2.21. The molecule has 2 heterocycles. The quantitative estimate of drug-likeness (QED) is 0.542. The average molecular weight is 413 g/mol. The first-order valence-electron chi connectivity index (χ1n) is 11.2. The summed E-state index contributed by atoms with van der Waals surface area (Å²) in [7, 11) is 1.82. The van der Waals surface area contributed by atoms with Gasteiger partial charge in [0.2, 0.25) is 0 Å². The molecule has 1 aromatic heterocycles. The number of hydrogen-bond acceptors (Lipinski definition) is 3. The number of aromatic nitrogens is 2. The van der Waals surface area contributed by atoms with Crippen molar-refractivity contribution in [2.45, 2.75) is 44.6 Å². The van der Waals surface area contributed by atoms with E-state index in [2.05, 4.69) is 25.6 Å². The molecule has 4 rings (SSSR count). The molecule has 0 spiro atoms. The molecule has 162 valence electrons. The fourth-order valence-electron chi connectivity index (χ4n) is 4.60. The summed E-state index contributed by atoms with van der Waals surface area (Å²) >= 11 is 0. The zero-order chi connectivity index (χ0) is 20.8. The van der Waals surface area contributed by atoms with Gasteiger partial charge in [-0.05, 0) is 55.5 Å². The van der Waals surface area contributed by atoms with Crippen molar-refractivity contribution in [3.05, 3.63) is 48.0 Å². The number of halogens is 1. The number of aliphatic imine (C=N–C) groups is 1. The lowest BCUT2D eigenvalue weighted by Crippen LogP contribution is -2.45. The van der Waals surface area contributed by atoms with Crippen molar-refractivity contribution in [3.8, 4) is 5.69 Å². The van der Waals surface area contributed by atoms with Gasteiger partial charge in [-0.1, -0.05) is 12.8 Å². The van der Waals surface area contributed by atoms with Gasteiger partial charge in [-0.3, -0.25) is 4.99 Å². The third kappa shape index (κ3) is 5.59. The van der Waals surface area contributed by atoms with Crippen molar-refractivity contribution in [2.75, 3.05) is 33.2 Å². The molecule has 7 heteroatoms. The lowest BCUT2D eigenvalue weighted by molar-refractivity contribution is 0.275. The molecule has 0 radical (unpaired) electrons. The third-order valence-electron chi connectivity index (χ3n) is 6.24. The molecule has 0 amide bonds. The van der Waals surface area contributed by atoms with E-state index in [4.69, 9.17) is 0 Å². The Morgan fingerprint density at radius 3 is 2.73 bits per heavy atom. The molecule has 1 aliphatic heterocycles. The molecule has 6 nitrogen and oxygen atoms in total. The molecule has 2 N–H and O–H groups in total. The molecule has 1 unspecified atom stereocenters. The fourth-order valence-corrected chi connectivity index (χ4v) is 4.60. The summed E-state index contributed by atoms with van der Waals surface area (Å²) in [5, 5.41) is 11.6. The summed E-state index contributed by atoms with van der Waals surface area (Å²) in [6.07, 6.45) is 9.54. The predicted molar refractivity (Wildman–Crippen MR) is 119 cm³/mol. The van der Waals surface area contributed by atoms with Crippen LogP contribution in [-0.4, -0.2) is 59.9 Å². The van der Waals surface area contributed by atoms with Crippen LogP contribution in [-0.2, 0) is 6.42 Å². The van der Waals surface area contributed by atoms with E-state index in [0.29, 0.717) is 6.04 Å². The van der Waals surface area contributed by atoms with E-state index in [1.54, 1.807) is 16.8 Å². The van der Waals surface area contributed by atoms with Crippen LogP contribution in [0.1, 0.15) is 37.8 Å². The number of guanidine groups is 1. The highest BCUT2D eigenvalue weighted by atomic mass is 19.1. The molecule has 2 aromatic rings. The number of nitrogens with one attached hydrogen (secondary N) is 2. The van der Waals surface area contributed by atoms with E-state index < -0.39 is 0 Å². The van der Waals surface area contributed by atoms with Gasteiger partial charge >= 0.3 is 0 Å². The maximum atomic E-state index is 13.1. The Labute approximate surface area is 178 Å². The first-order valence-corrected chi connectivity index (χ1v) is 11.2. The molecule has 2 fully saturated rings. The fraction of sp³-hybridized carbons (Fsp3) is 0.565. The summed E-state index contributed by atoms with van der Waals surface area (Å²) in [5.41, 5.74) is 1.85. The summed E-state index contributed by atoms with van der Waals surface area (Å²) in [4.78, 5) is 7.00. The smallest absolute Gasteiger partial charge is 0.191 e. The van der Waals surface area contributed by atoms with Crippen LogP contribution in [0.4, 0.5) is 4.39 Å². The van der Waals surface area contributed by atoms with Crippen LogP contribution in [0.2, 0.25) is 0 Å². The SMILES string of the molecule is CN=C(NCCc1ccn(-c2ccc(F)cc2)n1)NC1CCN(CC2CCCC2)C1. The van der Waals surface area contributed by atoms with Crippen LogP contribution >= 0.6 is 0 Å². The number of rotatable bonds is 7. The van der Waals surface area contributed by atoms with Gasteiger partial charge in [0.15, 0.2) is 5.96 Å². The van der Waals surface area contributed by atoms with Crippen molar-refractivity contribution in [1.29, 1.82) is 0 Å². The Morgan fingerprint density at radius 1 is 1.17 bits per heavy atom. The van der Waals surface area contributed by atoms with E-state index in [-0.39, 0.29) is 5.82 Å². The second-order valence-corrected chi connectivity index (χ2v) is 8.52. The van der Waals surface area contributed by atoms with E-state index in [1.165, 1.54) is 57.3 Å².